The molecule has 0 atom stereocenters. The Kier molecular flexibility index (Phi) is 4.53. The van der Waals surface area contributed by atoms with Gasteiger partial charge in [-0.2, -0.15) is 0 Å². The number of hydrogen-bond acceptors (Lipinski definition) is 3. The smallest absolute Gasteiger partial charge is 0.201 e. The first-order chi connectivity index (χ1) is 7.42. The van der Waals surface area contributed by atoms with Gasteiger partial charge in [0.1, 0.15) is 5.60 Å². The van der Waals surface area contributed by atoms with E-state index in [2.05, 4.69) is 6.58 Å². The maximum absolute atomic E-state index is 5.56. The standard InChI is InChI=1S/C13H24O3/c1-11(2)12(3,4)15-16-13(14-5)9-7-6-8-10-13/h1,6-10H2,2-5H3. The molecule has 1 aliphatic carbocycles. The number of ether oxygens (including phenoxy) is 1. The average molecular weight is 228 g/mol. The van der Waals surface area contributed by atoms with Crippen LogP contribution in [0.3, 0.4) is 0 Å². The molecule has 0 N–H and O–H groups in total. The predicted octanol–water partition coefficient (Wildman–Crippen LogP) is 3.60. The Balaban J connectivity index is 2.54. The second-order valence-electron chi connectivity index (χ2n) is 5.13. The maximum atomic E-state index is 5.56. The van der Waals surface area contributed by atoms with Crippen molar-refractivity contribution in [2.24, 2.45) is 0 Å². The molecule has 0 bridgehead atoms. The van der Waals surface area contributed by atoms with Gasteiger partial charge in [0.2, 0.25) is 5.79 Å². The van der Waals surface area contributed by atoms with E-state index in [0.717, 1.165) is 31.3 Å². The lowest BCUT2D eigenvalue weighted by atomic mass is 9.94. The fourth-order valence-corrected chi connectivity index (χ4v) is 1.66. The van der Waals surface area contributed by atoms with Crippen LogP contribution >= 0.6 is 0 Å². The molecule has 1 fully saturated rings. The molecule has 1 rings (SSSR count). The molecule has 0 aromatic heterocycles. The van der Waals surface area contributed by atoms with E-state index in [4.69, 9.17) is 14.5 Å². The van der Waals surface area contributed by atoms with Gasteiger partial charge >= 0.3 is 0 Å². The Hall–Kier alpha value is -0.380. The molecule has 0 spiro atoms. The quantitative estimate of drug-likeness (QED) is 0.311. The third-order valence-electron chi connectivity index (χ3n) is 3.42. The lowest BCUT2D eigenvalue weighted by molar-refractivity contribution is -0.458. The van der Waals surface area contributed by atoms with Crippen molar-refractivity contribution in [3.63, 3.8) is 0 Å². The highest BCUT2D eigenvalue weighted by Gasteiger charge is 2.36. The first kappa shape index (κ1) is 13.7. The summed E-state index contributed by atoms with van der Waals surface area (Å²) in [7, 11) is 1.68. The van der Waals surface area contributed by atoms with Crippen molar-refractivity contribution in [3.8, 4) is 0 Å². The van der Waals surface area contributed by atoms with Crippen LogP contribution in [0.15, 0.2) is 12.2 Å². The van der Waals surface area contributed by atoms with Gasteiger partial charge in [-0.15, -0.1) is 0 Å². The van der Waals surface area contributed by atoms with E-state index in [9.17, 15) is 0 Å². The minimum absolute atomic E-state index is 0.469. The molecular formula is C13H24O3. The summed E-state index contributed by atoms with van der Waals surface area (Å²) in [5, 5.41) is 0. The largest absolute Gasteiger partial charge is 0.351 e. The van der Waals surface area contributed by atoms with Crippen LogP contribution in [-0.2, 0) is 14.5 Å². The van der Waals surface area contributed by atoms with Crippen molar-refractivity contribution >= 4 is 0 Å². The van der Waals surface area contributed by atoms with Gasteiger partial charge in [-0.3, -0.25) is 0 Å². The first-order valence-electron chi connectivity index (χ1n) is 6.00. The number of methoxy groups -OCH3 is 1. The summed E-state index contributed by atoms with van der Waals surface area (Å²) in [4.78, 5) is 11.1. The van der Waals surface area contributed by atoms with Crippen molar-refractivity contribution < 1.29 is 14.5 Å². The molecule has 0 heterocycles. The molecule has 94 valence electrons. The lowest BCUT2D eigenvalue weighted by Gasteiger charge is -2.37. The van der Waals surface area contributed by atoms with Gasteiger partial charge in [0.15, 0.2) is 0 Å². The monoisotopic (exact) mass is 228 g/mol. The summed E-state index contributed by atoms with van der Waals surface area (Å²) in [5.41, 5.74) is 0.470. The molecular weight excluding hydrogens is 204 g/mol. The topological polar surface area (TPSA) is 27.7 Å². The van der Waals surface area contributed by atoms with E-state index in [-0.39, 0.29) is 0 Å². The lowest BCUT2D eigenvalue weighted by Crippen LogP contribution is -2.40. The van der Waals surface area contributed by atoms with Gasteiger partial charge in [0.25, 0.3) is 0 Å². The molecule has 1 aliphatic rings. The van der Waals surface area contributed by atoms with Gasteiger partial charge in [-0.05, 0) is 39.2 Å². The maximum Gasteiger partial charge on any atom is 0.201 e. The molecule has 0 amide bonds. The molecule has 3 nitrogen and oxygen atoms in total. The van der Waals surface area contributed by atoms with Gasteiger partial charge < -0.3 is 4.74 Å². The Bertz CT molecular complexity index is 240. The minimum atomic E-state index is -0.551. The van der Waals surface area contributed by atoms with E-state index >= 15 is 0 Å². The molecule has 0 aromatic carbocycles. The Labute approximate surface area is 98.7 Å². The molecule has 0 radical (unpaired) electrons. The normalized spacial score (nSPS) is 20.8. The third kappa shape index (κ3) is 3.30. The first-order valence-corrected chi connectivity index (χ1v) is 6.00. The highest BCUT2D eigenvalue weighted by Crippen LogP contribution is 2.34. The minimum Gasteiger partial charge on any atom is -0.351 e. The van der Waals surface area contributed by atoms with Gasteiger partial charge in [0.05, 0.1) is 0 Å². The number of hydrogen-bond donors (Lipinski definition) is 0. The Morgan fingerprint density at radius 2 is 1.75 bits per heavy atom. The van der Waals surface area contributed by atoms with Crippen LogP contribution in [0, 0.1) is 0 Å². The summed E-state index contributed by atoms with van der Waals surface area (Å²) in [6, 6.07) is 0. The van der Waals surface area contributed by atoms with Crippen LogP contribution in [0.2, 0.25) is 0 Å². The second-order valence-corrected chi connectivity index (χ2v) is 5.13. The van der Waals surface area contributed by atoms with E-state index in [0.29, 0.717) is 0 Å². The van der Waals surface area contributed by atoms with Crippen LogP contribution in [0.4, 0.5) is 0 Å². The van der Waals surface area contributed by atoms with Crippen molar-refractivity contribution in [2.75, 3.05) is 7.11 Å². The average Bonchev–Trinajstić information content (AvgIpc) is 2.28. The molecule has 1 saturated carbocycles. The van der Waals surface area contributed by atoms with Gasteiger partial charge in [0, 0.05) is 20.0 Å². The summed E-state index contributed by atoms with van der Waals surface area (Å²) < 4.78 is 5.48. The van der Waals surface area contributed by atoms with E-state index in [1.165, 1.54) is 6.42 Å². The summed E-state index contributed by atoms with van der Waals surface area (Å²) in [6.07, 6.45) is 5.30. The Morgan fingerprint density at radius 3 is 2.19 bits per heavy atom. The van der Waals surface area contributed by atoms with E-state index < -0.39 is 11.4 Å². The van der Waals surface area contributed by atoms with Crippen LogP contribution in [-0.4, -0.2) is 18.5 Å². The SMILES string of the molecule is C=C(C)C(C)(C)OOC1(OC)CCCCC1. The highest BCUT2D eigenvalue weighted by molar-refractivity contribution is 5.04. The third-order valence-corrected chi connectivity index (χ3v) is 3.42. The molecule has 0 unspecified atom stereocenters. The number of rotatable bonds is 5. The van der Waals surface area contributed by atoms with Crippen molar-refractivity contribution in [2.45, 2.75) is 64.3 Å². The van der Waals surface area contributed by atoms with Crippen LogP contribution in [0.1, 0.15) is 52.9 Å². The zero-order chi connectivity index (χ0) is 12.2. The van der Waals surface area contributed by atoms with Crippen molar-refractivity contribution in [3.05, 3.63) is 12.2 Å². The van der Waals surface area contributed by atoms with Crippen LogP contribution in [0.5, 0.6) is 0 Å². The van der Waals surface area contributed by atoms with Gasteiger partial charge in [-0.25, -0.2) is 9.78 Å². The second kappa shape index (κ2) is 5.30. The van der Waals surface area contributed by atoms with Crippen LogP contribution in [0.25, 0.3) is 0 Å². The van der Waals surface area contributed by atoms with E-state index in [1.54, 1.807) is 7.11 Å². The summed E-state index contributed by atoms with van der Waals surface area (Å²) in [6.45, 7) is 9.72. The van der Waals surface area contributed by atoms with E-state index in [1.807, 2.05) is 20.8 Å². The predicted molar refractivity (Wildman–Crippen MR) is 63.9 cm³/mol. The molecule has 0 aromatic rings. The fourth-order valence-electron chi connectivity index (χ4n) is 1.66. The van der Waals surface area contributed by atoms with Crippen LogP contribution < -0.4 is 0 Å². The molecule has 0 saturated heterocycles. The summed E-state index contributed by atoms with van der Waals surface area (Å²) in [5.74, 6) is -0.551. The molecule has 3 heteroatoms. The zero-order valence-electron chi connectivity index (χ0n) is 11.0. The fraction of sp³-hybridized carbons (Fsp3) is 0.846. The zero-order valence-corrected chi connectivity index (χ0v) is 11.0. The highest BCUT2D eigenvalue weighted by atomic mass is 17.2. The summed E-state index contributed by atoms with van der Waals surface area (Å²) >= 11 is 0. The Morgan fingerprint density at radius 1 is 1.19 bits per heavy atom. The molecule has 16 heavy (non-hydrogen) atoms. The van der Waals surface area contributed by atoms with Crippen molar-refractivity contribution in [1.29, 1.82) is 0 Å². The van der Waals surface area contributed by atoms with Gasteiger partial charge in [-0.1, -0.05) is 13.0 Å². The molecule has 0 aliphatic heterocycles. The van der Waals surface area contributed by atoms with Crippen molar-refractivity contribution in [1.82, 2.24) is 0 Å².